The van der Waals surface area contributed by atoms with Crippen LogP contribution in [0.25, 0.3) is 0 Å². The zero-order valence-corrected chi connectivity index (χ0v) is 14.7. The van der Waals surface area contributed by atoms with Crippen LogP contribution in [0.2, 0.25) is 0 Å². The smallest absolute Gasteiger partial charge is 0.154 e. The largest absolute Gasteiger partial charge is 0.378 e. The Morgan fingerprint density at radius 3 is 2.64 bits per heavy atom. The maximum absolute atomic E-state index is 12.3. The first kappa shape index (κ1) is 16.1. The summed E-state index contributed by atoms with van der Waals surface area (Å²) in [4.78, 5) is 21.2. The molecular weight excluding hydrogens is 316 g/mol. The highest BCUT2D eigenvalue weighted by molar-refractivity contribution is 5.88. The Bertz CT molecular complexity index is 719. The number of fused-ring (bicyclic) bond motifs is 1. The average molecular weight is 340 g/mol. The number of hydrogen-bond acceptors (Lipinski definition) is 6. The molecule has 0 bridgehead atoms. The van der Waals surface area contributed by atoms with E-state index in [-0.39, 0.29) is 18.0 Å². The summed E-state index contributed by atoms with van der Waals surface area (Å²) < 4.78 is 5.49. The summed E-state index contributed by atoms with van der Waals surface area (Å²) in [6.45, 7) is 7.39. The van der Waals surface area contributed by atoms with Crippen LogP contribution in [0.5, 0.6) is 0 Å². The van der Waals surface area contributed by atoms with Crippen molar-refractivity contribution < 1.29 is 9.53 Å². The lowest BCUT2D eigenvalue weighted by Crippen LogP contribution is -2.46. The van der Waals surface area contributed by atoms with Crippen molar-refractivity contribution in [3.63, 3.8) is 0 Å². The molecule has 25 heavy (non-hydrogen) atoms. The lowest BCUT2D eigenvalue weighted by atomic mass is 10.1. The van der Waals surface area contributed by atoms with Crippen molar-refractivity contribution in [2.75, 3.05) is 32.8 Å². The molecular formula is C19H24N4O2. The molecule has 0 aliphatic carbocycles. The molecule has 0 amide bonds. The highest BCUT2D eigenvalue weighted by Gasteiger charge is 2.41. The average Bonchev–Trinajstić information content (AvgIpc) is 3.03. The number of ketones is 1. The third kappa shape index (κ3) is 2.91. The van der Waals surface area contributed by atoms with Gasteiger partial charge in [0.2, 0.25) is 0 Å². The first-order chi connectivity index (χ1) is 12.1. The molecule has 2 atom stereocenters. The summed E-state index contributed by atoms with van der Waals surface area (Å²) in [6, 6.07) is 8.28. The number of ether oxygens (including phenoxy) is 1. The summed E-state index contributed by atoms with van der Waals surface area (Å²) in [6.07, 6.45) is 1.86. The van der Waals surface area contributed by atoms with Gasteiger partial charge in [0, 0.05) is 19.3 Å². The lowest BCUT2D eigenvalue weighted by Gasteiger charge is -2.35. The Hall–Kier alpha value is -2.34. The molecule has 0 saturated carbocycles. The Balaban J connectivity index is 1.73. The van der Waals surface area contributed by atoms with Crippen LogP contribution in [0, 0.1) is 6.92 Å². The molecule has 3 heterocycles. The van der Waals surface area contributed by atoms with Gasteiger partial charge >= 0.3 is 0 Å². The molecule has 6 nitrogen and oxygen atoms in total. The van der Waals surface area contributed by atoms with E-state index in [1.165, 1.54) is 5.56 Å². The first-order valence-corrected chi connectivity index (χ1v) is 8.84. The van der Waals surface area contributed by atoms with Gasteiger partial charge in [-0.1, -0.05) is 29.8 Å². The van der Waals surface area contributed by atoms with Crippen LogP contribution in [-0.4, -0.2) is 60.7 Å². The number of aryl methyl sites for hydroxylation is 1. The number of benzene rings is 1. The Morgan fingerprint density at radius 2 is 1.96 bits per heavy atom. The quantitative estimate of drug-likeness (QED) is 0.902. The molecule has 0 spiro atoms. The Labute approximate surface area is 148 Å². The van der Waals surface area contributed by atoms with Crippen molar-refractivity contribution in [3.8, 4) is 0 Å². The minimum Gasteiger partial charge on any atom is -0.378 e. The minimum atomic E-state index is -0.225. The van der Waals surface area contributed by atoms with E-state index in [2.05, 4.69) is 51.3 Å². The van der Waals surface area contributed by atoms with Gasteiger partial charge < -0.3 is 19.9 Å². The van der Waals surface area contributed by atoms with Gasteiger partial charge in [0.05, 0.1) is 25.5 Å². The number of aliphatic imine (C=N–C) groups is 1. The van der Waals surface area contributed by atoms with Crippen LogP contribution in [-0.2, 0) is 9.53 Å². The summed E-state index contributed by atoms with van der Waals surface area (Å²) in [5.74, 6) is 1.21. The second-order valence-electron chi connectivity index (χ2n) is 6.82. The Kier molecular flexibility index (Phi) is 4.21. The molecule has 132 valence electrons. The molecule has 1 aromatic rings. The molecule has 1 aromatic carbocycles. The number of carbonyl (C=O) groups is 1. The van der Waals surface area contributed by atoms with Gasteiger partial charge in [-0.25, -0.2) is 0 Å². The number of nitrogens with zero attached hydrogens (tertiary/aromatic N) is 3. The SMILES string of the molecule is CC(=O)C1CN=CC2=C(N3CCOCC3)NC(c3ccc(C)cc3)N21. The highest BCUT2D eigenvalue weighted by Crippen LogP contribution is 2.35. The van der Waals surface area contributed by atoms with Crippen molar-refractivity contribution >= 4 is 12.0 Å². The third-order valence-electron chi connectivity index (χ3n) is 5.09. The molecule has 1 fully saturated rings. The summed E-state index contributed by atoms with van der Waals surface area (Å²) in [5.41, 5.74) is 3.40. The number of allylic oxidation sites excluding steroid dienone is 1. The van der Waals surface area contributed by atoms with Crippen molar-refractivity contribution in [2.45, 2.75) is 26.1 Å². The number of Topliss-reactive ketones (excluding diaryl/α,β-unsaturated/α-hetero) is 1. The van der Waals surface area contributed by atoms with Gasteiger partial charge in [-0.3, -0.25) is 9.79 Å². The van der Waals surface area contributed by atoms with E-state index in [0.717, 1.165) is 43.4 Å². The van der Waals surface area contributed by atoms with Crippen LogP contribution < -0.4 is 5.32 Å². The van der Waals surface area contributed by atoms with E-state index in [1.807, 2.05) is 6.21 Å². The number of nitrogens with one attached hydrogen (secondary N) is 1. The van der Waals surface area contributed by atoms with Gasteiger partial charge in [0.1, 0.15) is 18.0 Å². The molecule has 6 heteroatoms. The summed E-state index contributed by atoms with van der Waals surface area (Å²) in [5, 5.41) is 3.66. The van der Waals surface area contributed by atoms with Crippen LogP contribution in [0.15, 0.2) is 40.8 Å². The number of carbonyl (C=O) groups excluding carboxylic acids is 1. The molecule has 1 N–H and O–H groups in total. The van der Waals surface area contributed by atoms with Crippen molar-refractivity contribution in [2.24, 2.45) is 4.99 Å². The molecule has 1 saturated heterocycles. The predicted molar refractivity (Wildman–Crippen MR) is 96.1 cm³/mol. The van der Waals surface area contributed by atoms with E-state index in [1.54, 1.807) is 6.92 Å². The Morgan fingerprint density at radius 1 is 1.24 bits per heavy atom. The first-order valence-electron chi connectivity index (χ1n) is 8.84. The van der Waals surface area contributed by atoms with Crippen LogP contribution >= 0.6 is 0 Å². The van der Waals surface area contributed by atoms with Crippen LogP contribution in [0.4, 0.5) is 0 Å². The molecule has 3 aliphatic heterocycles. The third-order valence-corrected chi connectivity index (χ3v) is 5.09. The van der Waals surface area contributed by atoms with Crippen LogP contribution in [0.1, 0.15) is 24.2 Å². The molecule has 4 rings (SSSR count). The van der Waals surface area contributed by atoms with Crippen molar-refractivity contribution in [1.29, 1.82) is 0 Å². The van der Waals surface area contributed by atoms with E-state index in [0.29, 0.717) is 6.54 Å². The minimum absolute atomic E-state index is 0.0471. The summed E-state index contributed by atoms with van der Waals surface area (Å²) >= 11 is 0. The van der Waals surface area contributed by atoms with E-state index < -0.39 is 0 Å². The van der Waals surface area contributed by atoms with Gasteiger partial charge in [-0.05, 0) is 19.4 Å². The highest BCUT2D eigenvalue weighted by atomic mass is 16.5. The fraction of sp³-hybridized carbons (Fsp3) is 0.474. The van der Waals surface area contributed by atoms with E-state index in [4.69, 9.17) is 4.74 Å². The number of morpholine rings is 1. The molecule has 3 aliphatic rings. The predicted octanol–water partition coefficient (Wildman–Crippen LogP) is 1.44. The lowest BCUT2D eigenvalue weighted by molar-refractivity contribution is -0.121. The van der Waals surface area contributed by atoms with E-state index in [9.17, 15) is 4.79 Å². The van der Waals surface area contributed by atoms with Gasteiger partial charge in [0.15, 0.2) is 5.78 Å². The second-order valence-corrected chi connectivity index (χ2v) is 6.82. The fourth-order valence-electron chi connectivity index (χ4n) is 3.69. The normalized spacial score (nSPS) is 25.8. The van der Waals surface area contributed by atoms with Crippen molar-refractivity contribution in [1.82, 2.24) is 15.1 Å². The van der Waals surface area contributed by atoms with Gasteiger partial charge in [0.25, 0.3) is 0 Å². The monoisotopic (exact) mass is 340 g/mol. The van der Waals surface area contributed by atoms with Crippen LogP contribution in [0.3, 0.4) is 0 Å². The van der Waals surface area contributed by atoms with Crippen molar-refractivity contribution in [3.05, 3.63) is 46.9 Å². The maximum atomic E-state index is 12.3. The zero-order valence-electron chi connectivity index (χ0n) is 14.7. The molecule has 2 unspecified atom stereocenters. The second kappa shape index (κ2) is 6.52. The van der Waals surface area contributed by atoms with Gasteiger partial charge in [-0.2, -0.15) is 0 Å². The topological polar surface area (TPSA) is 57.2 Å². The summed E-state index contributed by atoms with van der Waals surface area (Å²) in [7, 11) is 0. The molecule has 0 aromatic heterocycles. The fourth-order valence-corrected chi connectivity index (χ4v) is 3.69. The van der Waals surface area contributed by atoms with Gasteiger partial charge in [-0.15, -0.1) is 0 Å². The maximum Gasteiger partial charge on any atom is 0.154 e. The number of rotatable bonds is 3. The number of hydrogen-bond donors (Lipinski definition) is 1. The van der Waals surface area contributed by atoms with E-state index >= 15 is 0 Å². The molecule has 0 radical (unpaired) electrons. The zero-order chi connectivity index (χ0) is 17.4. The standard InChI is InChI=1S/C19H24N4O2/c1-13-3-5-15(6-4-13)18-21-19(22-7-9-25-10-8-22)17-12-20-11-16(14(2)24)23(17)18/h3-6,12,16,18,21H,7-11H2,1-2H3.